The predicted molar refractivity (Wildman–Crippen MR) is 112 cm³/mol. The van der Waals surface area contributed by atoms with E-state index in [1.807, 2.05) is 0 Å². The van der Waals surface area contributed by atoms with E-state index in [1.54, 1.807) is 36.4 Å². The summed E-state index contributed by atoms with van der Waals surface area (Å²) in [7, 11) is 0. The number of Topliss-reactive ketones (excluding diaryl/α,β-unsaturated/α-hetero) is 1. The minimum atomic E-state index is -1.12. The van der Waals surface area contributed by atoms with E-state index in [-0.39, 0.29) is 18.0 Å². The van der Waals surface area contributed by atoms with Crippen LogP contribution in [0, 0.1) is 3.57 Å². The van der Waals surface area contributed by atoms with Crippen molar-refractivity contribution in [3.05, 3.63) is 69.3 Å². The van der Waals surface area contributed by atoms with E-state index in [0.717, 1.165) is 9.65 Å². The third-order valence-corrected chi connectivity index (χ3v) is 4.41. The summed E-state index contributed by atoms with van der Waals surface area (Å²) in [5, 5.41) is 21.4. The maximum absolute atomic E-state index is 12.3. The summed E-state index contributed by atoms with van der Waals surface area (Å²) in [5.74, 6) is -1.28. The Morgan fingerprint density at radius 3 is 2.46 bits per heavy atom. The highest BCUT2D eigenvalue weighted by atomic mass is 127. The Morgan fingerprint density at radius 1 is 1.18 bits per heavy atom. The lowest BCUT2D eigenvalue weighted by atomic mass is 10.1. The second-order valence-corrected chi connectivity index (χ2v) is 7.08. The Labute approximate surface area is 175 Å². The normalized spacial score (nSPS) is 11.8. The predicted octanol–water partition coefficient (Wildman–Crippen LogP) is 4.52. The molecule has 1 amide bonds. The van der Waals surface area contributed by atoms with Crippen molar-refractivity contribution >= 4 is 46.1 Å². The SMILES string of the molecule is CC(=O)c1ccc(NC(=O)O[C@H](C/C=C/C(=O)O)c2cc(I)ccc2O)cc1. The number of phenolic OH excluding ortho intramolecular Hbond substituents is 1. The Kier molecular flexibility index (Phi) is 7.56. The number of amides is 1. The van der Waals surface area contributed by atoms with Crippen molar-refractivity contribution < 1.29 is 29.3 Å². The van der Waals surface area contributed by atoms with Gasteiger partial charge >= 0.3 is 12.1 Å². The molecule has 0 aliphatic heterocycles. The molecule has 1 atom stereocenters. The molecule has 28 heavy (non-hydrogen) atoms. The van der Waals surface area contributed by atoms with Crippen molar-refractivity contribution in [3.8, 4) is 5.75 Å². The molecule has 0 aliphatic rings. The first-order valence-electron chi connectivity index (χ1n) is 8.22. The first-order chi connectivity index (χ1) is 13.3. The molecule has 0 bridgehead atoms. The van der Waals surface area contributed by atoms with E-state index < -0.39 is 18.2 Å². The molecule has 2 aromatic carbocycles. The molecule has 0 aliphatic carbocycles. The third-order valence-electron chi connectivity index (χ3n) is 3.73. The van der Waals surface area contributed by atoms with E-state index in [4.69, 9.17) is 9.84 Å². The number of halogens is 1. The van der Waals surface area contributed by atoms with Crippen LogP contribution in [0.5, 0.6) is 5.75 Å². The van der Waals surface area contributed by atoms with Crippen molar-refractivity contribution in [3.63, 3.8) is 0 Å². The fraction of sp³-hybridized carbons (Fsp3) is 0.150. The zero-order chi connectivity index (χ0) is 20.7. The van der Waals surface area contributed by atoms with E-state index in [0.29, 0.717) is 16.8 Å². The maximum atomic E-state index is 12.3. The number of carbonyl (C=O) groups excluding carboxylic acids is 2. The zero-order valence-electron chi connectivity index (χ0n) is 14.9. The largest absolute Gasteiger partial charge is 0.508 e. The van der Waals surface area contributed by atoms with E-state index in [2.05, 4.69) is 27.9 Å². The summed E-state index contributed by atoms with van der Waals surface area (Å²) in [6.07, 6.45) is 0.696. The van der Waals surface area contributed by atoms with E-state index in [9.17, 15) is 19.5 Å². The number of hydrogen-bond donors (Lipinski definition) is 3. The van der Waals surface area contributed by atoms with Crippen LogP contribution in [-0.4, -0.2) is 28.1 Å². The molecular weight excluding hydrogens is 477 g/mol. The standard InChI is InChI=1S/C20H18INO6/c1-12(23)13-5-8-15(9-6-13)22-20(27)28-18(3-2-4-19(25)26)16-11-14(21)7-10-17(16)24/h2,4-11,18,24H,3H2,1H3,(H,22,27)(H,25,26)/b4-2+/t18-/m1/s1. The van der Waals surface area contributed by atoms with Crippen LogP contribution in [0.15, 0.2) is 54.6 Å². The van der Waals surface area contributed by atoms with Gasteiger partial charge in [-0.1, -0.05) is 6.08 Å². The molecule has 8 heteroatoms. The highest BCUT2D eigenvalue weighted by molar-refractivity contribution is 14.1. The summed E-state index contributed by atoms with van der Waals surface area (Å²) >= 11 is 2.06. The van der Waals surface area contributed by atoms with Crippen molar-refractivity contribution in [2.24, 2.45) is 0 Å². The van der Waals surface area contributed by atoms with Crippen molar-refractivity contribution in [1.29, 1.82) is 0 Å². The zero-order valence-corrected chi connectivity index (χ0v) is 17.0. The highest BCUT2D eigenvalue weighted by Gasteiger charge is 2.20. The van der Waals surface area contributed by atoms with E-state index >= 15 is 0 Å². The number of anilines is 1. The molecule has 2 rings (SSSR count). The van der Waals surface area contributed by atoms with Crippen molar-refractivity contribution in [2.75, 3.05) is 5.32 Å². The molecule has 2 aromatic rings. The second kappa shape index (κ2) is 9.88. The molecule has 7 nitrogen and oxygen atoms in total. The third kappa shape index (κ3) is 6.38. The number of ketones is 1. The van der Waals surface area contributed by atoms with Crippen LogP contribution >= 0.6 is 22.6 Å². The number of rotatable bonds is 7. The van der Waals surface area contributed by atoms with Crippen LogP contribution < -0.4 is 5.32 Å². The first kappa shape index (κ1) is 21.4. The average Bonchev–Trinajstić information content (AvgIpc) is 2.63. The molecule has 0 heterocycles. The van der Waals surface area contributed by atoms with E-state index in [1.165, 1.54) is 19.1 Å². The lowest BCUT2D eigenvalue weighted by Crippen LogP contribution is -2.17. The topological polar surface area (TPSA) is 113 Å². The number of carbonyl (C=O) groups is 3. The quantitative estimate of drug-likeness (QED) is 0.296. The first-order valence-corrected chi connectivity index (χ1v) is 9.30. The highest BCUT2D eigenvalue weighted by Crippen LogP contribution is 2.31. The summed E-state index contributed by atoms with van der Waals surface area (Å²) < 4.78 is 6.23. The van der Waals surface area contributed by atoms with Crippen molar-refractivity contribution in [2.45, 2.75) is 19.4 Å². The van der Waals surface area contributed by atoms with Gasteiger partial charge in [-0.3, -0.25) is 10.1 Å². The molecule has 0 aromatic heterocycles. The number of aromatic hydroxyl groups is 1. The maximum Gasteiger partial charge on any atom is 0.412 e. The van der Waals surface area contributed by atoms with Crippen LogP contribution in [0.1, 0.15) is 35.4 Å². The van der Waals surface area contributed by atoms with Gasteiger partial charge in [-0.05, 0) is 72.0 Å². The number of hydrogen-bond acceptors (Lipinski definition) is 5. The molecule has 146 valence electrons. The minimum absolute atomic E-state index is 0.0623. The molecule has 0 saturated heterocycles. The average molecular weight is 495 g/mol. The number of benzene rings is 2. The van der Waals surface area contributed by atoms with Gasteiger partial charge in [0.1, 0.15) is 11.9 Å². The fourth-order valence-electron chi connectivity index (χ4n) is 2.38. The van der Waals surface area contributed by atoms with Gasteiger partial charge in [0.05, 0.1) is 0 Å². The molecular formula is C20H18INO6. The van der Waals surface area contributed by atoms with Gasteiger partial charge in [0, 0.05) is 32.9 Å². The van der Waals surface area contributed by atoms with Gasteiger partial charge < -0.3 is 14.9 Å². The van der Waals surface area contributed by atoms with Crippen LogP contribution in [-0.2, 0) is 9.53 Å². The van der Waals surface area contributed by atoms with Gasteiger partial charge in [-0.15, -0.1) is 0 Å². The van der Waals surface area contributed by atoms with Crippen LogP contribution in [0.25, 0.3) is 0 Å². The van der Waals surface area contributed by atoms with Gasteiger partial charge in [0.2, 0.25) is 0 Å². The van der Waals surface area contributed by atoms with Gasteiger partial charge in [0.25, 0.3) is 0 Å². The fourth-order valence-corrected chi connectivity index (χ4v) is 2.89. The summed E-state index contributed by atoms with van der Waals surface area (Å²) in [6, 6.07) is 11.1. The minimum Gasteiger partial charge on any atom is -0.508 e. The number of carboxylic acids is 1. The molecule has 0 spiro atoms. The lowest BCUT2D eigenvalue weighted by molar-refractivity contribution is -0.131. The number of nitrogens with one attached hydrogen (secondary N) is 1. The summed E-state index contributed by atoms with van der Waals surface area (Å²) in [4.78, 5) is 34.3. The van der Waals surface area contributed by atoms with Gasteiger partial charge in [0.15, 0.2) is 5.78 Å². The Hall–Kier alpha value is -2.88. The van der Waals surface area contributed by atoms with Gasteiger partial charge in [-0.2, -0.15) is 0 Å². The number of phenols is 1. The summed E-state index contributed by atoms with van der Waals surface area (Å²) in [6.45, 7) is 1.44. The van der Waals surface area contributed by atoms with Crippen LogP contribution in [0.3, 0.4) is 0 Å². The second-order valence-electron chi connectivity index (χ2n) is 5.83. The number of carboxylic acid groups (broad SMARTS) is 1. The van der Waals surface area contributed by atoms with Crippen LogP contribution in [0.2, 0.25) is 0 Å². The van der Waals surface area contributed by atoms with Gasteiger partial charge in [-0.25, -0.2) is 9.59 Å². The Balaban J connectivity index is 2.16. The Bertz CT molecular complexity index is 907. The molecule has 0 radical (unpaired) electrons. The van der Waals surface area contributed by atoms with Crippen LogP contribution in [0.4, 0.5) is 10.5 Å². The molecule has 3 N–H and O–H groups in total. The number of ether oxygens (including phenoxy) is 1. The molecule has 0 fully saturated rings. The van der Waals surface area contributed by atoms with Crippen molar-refractivity contribution in [1.82, 2.24) is 0 Å². The lowest BCUT2D eigenvalue weighted by Gasteiger charge is -2.19. The smallest absolute Gasteiger partial charge is 0.412 e. The number of aliphatic carboxylic acids is 1. The summed E-state index contributed by atoms with van der Waals surface area (Å²) in [5.41, 5.74) is 1.31. The monoisotopic (exact) mass is 495 g/mol. The molecule has 0 saturated carbocycles. The Morgan fingerprint density at radius 2 is 1.86 bits per heavy atom. The molecule has 0 unspecified atom stereocenters.